The molecule has 4 heteroatoms. The SMILES string of the molecule is NC(=O)[C@H]1CCCC[C@H]1NCc1ccsc1. The molecule has 3 N–H and O–H groups in total. The van der Waals surface area contributed by atoms with Crippen LogP contribution in [-0.2, 0) is 11.3 Å². The zero-order valence-electron chi connectivity index (χ0n) is 9.32. The van der Waals surface area contributed by atoms with Crippen molar-refractivity contribution in [2.45, 2.75) is 38.3 Å². The van der Waals surface area contributed by atoms with E-state index in [4.69, 9.17) is 5.73 Å². The van der Waals surface area contributed by atoms with E-state index < -0.39 is 0 Å². The Bertz CT molecular complexity index is 337. The number of carbonyl (C=O) groups excluding carboxylic acids is 1. The van der Waals surface area contributed by atoms with Crippen molar-refractivity contribution in [3.8, 4) is 0 Å². The molecule has 1 amide bonds. The van der Waals surface area contributed by atoms with Gasteiger partial charge in [0.1, 0.15) is 0 Å². The minimum absolute atomic E-state index is 0.0207. The van der Waals surface area contributed by atoms with Crippen molar-refractivity contribution in [2.75, 3.05) is 0 Å². The fraction of sp³-hybridized carbons (Fsp3) is 0.583. The van der Waals surface area contributed by atoms with E-state index in [1.54, 1.807) is 11.3 Å². The molecule has 1 fully saturated rings. The molecule has 2 rings (SSSR count). The van der Waals surface area contributed by atoms with Gasteiger partial charge in [0.2, 0.25) is 5.91 Å². The third-order valence-corrected chi connectivity index (χ3v) is 4.01. The van der Waals surface area contributed by atoms with E-state index in [1.807, 2.05) is 0 Å². The molecule has 0 unspecified atom stereocenters. The molecule has 1 saturated carbocycles. The molecule has 2 atom stereocenters. The lowest BCUT2D eigenvalue weighted by molar-refractivity contribution is -0.123. The van der Waals surface area contributed by atoms with Gasteiger partial charge in [0.25, 0.3) is 0 Å². The normalized spacial score (nSPS) is 25.5. The first kappa shape index (κ1) is 11.6. The Hall–Kier alpha value is -0.870. The largest absolute Gasteiger partial charge is 0.369 e. The number of primary amides is 1. The molecule has 0 spiro atoms. The Kier molecular flexibility index (Phi) is 3.96. The van der Waals surface area contributed by atoms with Crippen molar-refractivity contribution >= 4 is 17.2 Å². The van der Waals surface area contributed by atoms with E-state index in [2.05, 4.69) is 22.1 Å². The number of thiophene rings is 1. The highest BCUT2D eigenvalue weighted by atomic mass is 32.1. The lowest BCUT2D eigenvalue weighted by atomic mass is 9.84. The molecular formula is C12H18N2OS. The minimum atomic E-state index is -0.150. The smallest absolute Gasteiger partial charge is 0.222 e. The van der Waals surface area contributed by atoms with Gasteiger partial charge in [-0.25, -0.2) is 0 Å². The van der Waals surface area contributed by atoms with Gasteiger partial charge in [0.15, 0.2) is 0 Å². The number of nitrogens with one attached hydrogen (secondary N) is 1. The molecule has 3 nitrogen and oxygen atoms in total. The van der Waals surface area contributed by atoms with Crippen LogP contribution in [-0.4, -0.2) is 11.9 Å². The summed E-state index contributed by atoms with van der Waals surface area (Å²) < 4.78 is 0. The van der Waals surface area contributed by atoms with Gasteiger partial charge in [0.05, 0.1) is 5.92 Å². The van der Waals surface area contributed by atoms with Crippen LogP contribution < -0.4 is 11.1 Å². The highest BCUT2D eigenvalue weighted by molar-refractivity contribution is 7.07. The Balaban J connectivity index is 1.89. The van der Waals surface area contributed by atoms with Gasteiger partial charge in [0, 0.05) is 12.6 Å². The Morgan fingerprint density at radius 3 is 3.00 bits per heavy atom. The second-order valence-electron chi connectivity index (χ2n) is 4.41. The number of nitrogens with two attached hydrogens (primary N) is 1. The van der Waals surface area contributed by atoms with Gasteiger partial charge < -0.3 is 11.1 Å². The van der Waals surface area contributed by atoms with Crippen LogP contribution in [0.3, 0.4) is 0 Å². The molecule has 1 aromatic rings. The van der Waals surface area contributed by atoms with Crippen molar-refractivity contribution in [1.29, 1.82) is 0 Å². The summed E-state index contributed by atoms with van der Waals surface area (Å²) in [5.74, 6) is -0.130. The molecule has 0 aromatic carbocycles. The third-order valence-electron chi connectivity index (χ3n) is 3.28. The number of carbonyl (C=O) groups is 1. The first-order valence-electron chi connectivity index (χ1n) is 5.81. The highest BCUT2D eigenvalue weighted by Gasteiger charge is 2.28. The molecule has 0 aliphatic heterocycles. The van der Waals surface area contributed by atoms with Gasteiger partial charge in [-0.2, -0.15) is 11.3 Å². The predicted octanol–water partition coefficient (Wildman–Crippen LogP) is 1.88. The average Bonchev–Trinajstić information content (AvgIpc) is 2.79. The van der Waals surface area contributed by atoms with Crippen molar-refractivity contribution in [2.24, 2.45) is 11.7 Å². The van der Waals surface area contributed by atoms with Crippen LogP contribution in [0, 0.1) is 5.92 Å². The summed E-state index contributed by atoms with van der Waals surface area (Å²) in [6.07, 6.45) is 4.34. The van der Waals surface area contributed by atoms with Crippen molar-refractivity contribution < 1.29 is 4.79 Å². The van der Waals surface area contributed by atoms with E-state index in [0.717, 1.165) is 25.8 Å². The number of amides is 1. The van der Waals surface area contributed by atoms with Crippen LogP contribution in [0.2, 0.25) is 0 Å². The Labute approximate surface area is 100 Å². The van der Waals surface area contributed by atoms with Gasteiger partial charge in [-0.1, -0.05) is 12.8 Å². The fourth-order valence-electron chi connectivity index (χ4n) is 2.36. The summed E-state index contributed by atoms with van der Waals surface area (Å²) in [5, 5.41) is 7.67. The zero-order valence-corrected chi connectivity index (χ0v) is 10.1. The molecule has 0 saturated heterocycles. The van der Waals surface area contributed by atoms with Gasteiger partial charge in [-0.15, -0.1) is 0 Å². The van der Waals surface area contributed by atoms with E-state index in [9.17, 15) is 4.79 Å². The minimum Gasteiger partial charge on any atom is -0.369 e. The van der Waals surface area contributed by atoms with Crippen LogP contribution in [0.4, 0.5) is 0 Å². The van der Waals surface area contributed by atoms with Gasteiger partial charge in [-0.05, 0) is 35.2 Å². The predicted molar refractivity (Wildman–Crippen MR) is 66.1 cm³/mol. The van der Waals surface area contributed by atoms with Crippen LogP contribution in [0.1, 0.15) is 31.2 Å². The maximum Gasteiger partial charge on any atom is 0.222 e. The summed E-state index contributed by atoms with van der Waals surface area (Å²) in [5.41, 5.74) is 6.72. The van der Waals surface area contributed by atoms with Crippen molar-refractivity contribution in [3.05, 3.63) is 22.4 Å². The van der Waals surface area contributed by atoms with Gasteiger partial charge in [-0.3, -0.25) is 4.79 Å². The van der Waals surface area contributed by atoms with Gasteiger partial charge >= 0.3 is 0 Å². The maximum atomic E-state index is 11.3. The van der Waals surface area contributed by atoms with Crippen LogP contribution in [0.15, 0.2) is 16.8 Å². The first-order valence-corrected chi connectivity index (χ1v) is 6.75. The number of rotatable bonds is 4. The lowest BCUT2D eigenvalue weighted by Crippen LogP contribution is -2.44. The third kappa shape index (κ3) is 2.83. The summed E-state index contributed by atoms with van der Waals surface area (Å²) in [6, 6.07) is 2.38. The molecule has 1 aromatic heterocycles. The van der Waals surface area contributed by atoms with Crippen LogP contribution in [0.25, 0.3) is 0 Å². The molecule has 0 bridgehead atoms. The summed E-state index contributed by atoms with van der Waals surface area (Å²) in [4.78, 5) is 11.3. The zero-order chi connectivity index (χ0) is 11.4. The fourth-order valence-corrected chi connectivity index (χ4v) is 3.03. The Morgan fingerprint density at radius 1 is 1.50 bits per heavy atom. The molecule has 1 aliphatic rings. The van der Waals surface area contributed by atoms with Crippen molar-refractivity contribution in [1.82, 2.24) is 5.32 Å². The molecule has 0 radical (unpaired) electrons. The van der Waals surface area contributed by atoms with E-state index in [1.165, 1.54) is 12.0 Å². The Morgan fingerprint density at radius 2 is 2.31 bits per heavy atom. The second-order valence-corrected chi connectivity index (χ2v) is 5.19. The van der Waals surface area contributed by atoms with Crippen molar-refractivity contribution in [3.63, 3.8) is 0 Å². The summed E-state index contributed by atoms with van der Waals surface area (Å²) in [6.45, 7) is 0.845. The number of hydrogen-bond acceptors (Lipinski definition) is 3. The quantitative estimate of drug-likeness (QED) is 0.841. The summed E-state index contributed by atoms with van der Waals surface area (Å²) >= 11 is 1.70. The van der Waals surface area contributed by atoms with Crippen LogP contribution in [0.5, 0.6) is 0 Å². The standard InChI is InChI=1S/C12H18N2OS/c13-12(15)10-3-1-2-4-11(10)14-7-9-5-6-16-8-9/h5-6,8,10-11,14H,1-4,7H2,(H2,13,15)/t10-,11+/m0/s1. The lowest BCUT2D eigenvalue weighted by Gasteiger charge is -2.30. The van der Waals surface area contributed by atoms with E-state index in [-0.39, 0.29) is 17.9 Å². The molecule has 1 aliphatic carbocycles. The summed E-state index contributed by atoms with van der Waals surface area (Å²) in [7, 11) is 0. The number of hydrogen-bond donors (Lipinski definition) is 2. The first-order chi connectivity index (χ1) is 7.77. The van der Waals surface area contributed by atoms with Crippen LogP contribution >= 0.6 is 11.3 Å². The second kappa shape index (κ2) is 5.46. The maximum absolute atomic E-state index is 11.3. The monoisotopic (exact) mass is 238 g/mol. The van der Waals surface area contributed by atoms with E-state index >= 15 is 0 Å². The topological polar surface area (TPSA) is 55.1 Å². The van der Waals surface area contributed by atoms with E-state index in [0.29, 0.717) is 0 Å². The molecule has 16 heavy (non-hydrogen) atoms. The molecule has 1 heterocycles. The highest BCUT2D eigenvalue weighted by Crippen LogP contribution is 2.24. The molecular weight excluding hydrogens is 220 g/mol. The molecule has 88 valence electrons. The average molecular weight is 238 g/mol.